The smallest absolute Gasteiger partial charge is 0.255 e. The molecule has 2 aliphatic heterocycles. The summed E-state index contributed by atoms with van der Waals surface area (Å²) in [6.45, 7) is 9.66. The average Bonchev–Trinajstić information content (AvgIpc) is 3.04. The van der Waals surface area contributed by atoms with Gasteiger partial charge < -0.3 is 9.47 Å². The first-order valence-corrected chi connectivity index (χ1v) is 11.0. The molecule has 1 aromatic carbocycles. The minimum absolute atomic E-state index is 0.192. The van der Waals surface area contributed by atoms with Gasteiger partial charge in [0.25, 0.3) is 5.91 Å². The van der Waals surface area contributed by atoms with Crippen molar-refractivity contribution in [2.45, 2.75) is 39.6 Å². The van der Waals surface area contributed by atoms with Gasteiger partial charge in [-0.15, -0.1) is 0 Å². The lowest BCUT2D eigenvalue weighted by molar-refractivity contribution is -0.156. The Morgan fingerprint density at radius 1 is 1.10 bits per heavy atom. The summed E-state index contributed by atoms with van der Waals surface area (Å²) in [6.07, 6.45) is 0.826. The standard InChI is InChI=1S/C20H27ClN6OS/c1-3-23-12-13-24-10-5-11-25(18(24)19(23)28)14-27-20(29)26(4-2)17(22-27)15-6-8-16(21)9-7-15/h6-9,18H,3-5,10-14H2,1-2H3. The highest BCUT2D eigenvalue weighted by Crippen LogP contribution is 2.24. The second-order valence-corrected chi connectivity index (χ2v) is 8.29. The Morgan fingerprint density at radius 2 is 1.86 bits per heavy atom. The van der Waals surface area contributed by atoms with Crippen molar-refractivity contribution in [3.63, 3.8) is 0 Å². The molecule has 9 heteroatoms. The van der Waals surface area contributed by atoms with E-state index in [1.807, 2.05) is 45.3 Å². The molecule has 1 atom stereocenters. The highest BCUT2D eigenvalue weighted by molar-refractivity contribution is 7.71. The number of nitrogens with zero attached hydrogens (tertiary/aromatic N) is 6. The van der Waals surface area contributed by atoms with E-state index in [1.165, 1.54) is 0 Å². The second-order valence-electron chi connectivity index (χ2n) is 7.49. The average molecular weight is 435 g/mol. The van der Waals surface area contributed by atoms with E-state index in [2.05, 4.69) is 16.7 Å². The van der Waals surface area contributed by atoms with E-state index >= 15 is 0 Å². The number of piperazine rings is 1. The molecule has 2 fully saturated rings. The molecule has 2 aromatic rings. The van der Waals surface area contributed by atoms with Gasteiger partial charge in [0.1, 0.15) is 6.17 Å². The summed E-state index contributed by atoms with van der Waals surface area (Å²) in [5, 5.41) is 5.52. The van der Waals surface area contributed by atoms with Crippen molar-refractivity contribution in [2.75, 3.05) is 32.7 Å². The number of carbonyl (C=O) groups excluding carboxylic acids is 1. The number of hydrogen-bond acceptors (Lipinski definition) is 5. The lowest BCUT2D eigenvalue weighted by Gasteiger charge is -2.48. The number of carbonyl (C=O) groups is 1. The molecule has 0 N–H and O–H groups in total. The van der Waals surface area contributed by atoms with Crippen LogP contribution in [0.2, 0.25) is 5.02 Å². The molecule has 156 valence electrons. The van der Waals surface area contributed by atoms with E-state index in [0.29, 0.717) is 16.5 Å². The quantitative estimate of drug-likeness (QED) is 0.677. The lowest BCUT2D eigenvalue weighted by Crippen LogP contribution is -2.66. The van der Waals surface area contributed by atoms with Crippen molar-refractivity contribution in [1.29, 1.82) is 0 Å². The number of hydrogen-bond donors (Lipinski definition) is 0. The van der Waals surface area contributed by atoms with Crippen LogP contribution >= 0.6 is 23.8 Å². The zero-order chi connectivity index (χ0) is 20.5. The van der Waals surface area contributed by atoms with E-state index in [9.17, 15) is 4.79 Å². The van der Waals surface area contributed by atoms with Gasteiger partial charge in [0.05, 0.1) is 6.67 Å². The molecule has 1 aromatic heterocycles. The summed E-state index contributed by atoms with van der Waals surface area (Å²) in [4.78, 5) is 19.5. The molecule has 0 bridgehead atoms. The summed E-state index contributed by atoms with van der Waals surface area (Å²) >= 11 is 11.8. The van der Waals surface area contributed by atoms with Gasteiger partial charge in [-0.25, -0.2) is 4.68 Å². The fraction of sp³-hybridized carbons (Fsp3) is 0.550. The third-order valence-electron chi connectivity index (χ3n) is 5.81. The van der Waals surface area contributed by atoms with Crippen molar-refractivity contribution in [2.24, 2.45) is 0 Å². The van der Waals surface area contributed by atoms with Crippen LogP contribution in [-0.2, 0) is 18.0 Å². The molecule has 3 heterocycles. The molecule has 2 saturated heterocycles. The Labute approximate surface area is 181 Å². The predicted molar refractivity (Wildman–Crippen MR) is 116 cm³/mol. The summed E-state index contributed by atoms with van der Waals surface area (Å²) in [7, 11) is 0. The summed E-state index contributed by atoms with van der Waals surface area (Å²) in [5.41, 5.74) is 0.979. The number of likely N-dealkylation sites (N-methyl/N-ethyl adjacent to an activating group) is 1. The van der Waals surface area contributed by atoms with Crippen LogP contribution in [0.1, 0.15) is 20.3 Å². The molecule has 0 radical (unpaired) electrons. The fourth-order valence-corrected chi connectivity index (χ4v) is 4.73. The topological polar surface area (TPSA) is 49.5 Å². The maximum Gasteiger partial charge on any atom is 0.255 e. The van der Waals surface area contributed by atoms with Gasteiger partial charge in [-0.1, -0.05) is 11.6 Å². The van der Waals surface area contributed by atoms with Crippen molar-refractivity contribution < 1.29 is 4.79 Å². The van der Waals surface area contributed by atoms with E-state index in [-0.39, 0.29) is 12.1 Å². The molecular weight excluding hydrogens is 408 g/mol. The SMILES string of the molecule is CCN1CCN2CCCN(Cn3nc(-c4ccc(Cl)cc4)n(CC)c3=S)C2C1=O. The number of amides is 1. The van der Waals surface area contributed by atoms with Gasteiger partial charge in [-0.3, -0.25) is 14.6 Å². The van der Waals surface area contributed by atoms with Crippen LogP contribution in [0.15, 0.2) is 24.3 Å². The zero-order valence-corrected chi connectivity index (χ0v) is 18.5. The number of aromatic nitrogens is 3. The third kappa shape index (κ3) is 3.86. The maximum absolute atomic E-state index is 13.0. The first kappa shape index (κ1) is 20.5. The summed E-state index contributed by atoms with van der Waals surface area (Å²) in [6, 6.07) is 7.65. The van der Waals surface area contributed by atoms with Crippen LogP contribution in [0.25, 0.3) is 11.4 Å². The van der Waals surface area contributed by atoms with Crippen molar-refractivity contribution in [3.8, 4) is 11.4 Å². The van der Waals surface area contributed by atoms with Gasteiger partial charge in [0.15, 0.2) is 10.6 Å². The molecule has 29 heavy (non-hydrogen) atoms. The van der Waals surface area contributed by atoms with Crippen molar-refractivity contribution in [3.05, 3.63) is 34.1 Å². The molecule has 2 aliphatic rings. The van der Waals surface area contributed by atoms with Crippen LogP contribution in [0.5, 0.6) is 0 Å². The van der Waals surface area contributed by atoms with Gasteiger partial charge >= 0.3 is 0 Å². The first-order chi connectivity index (χ1) is 14.0. The Hall–Kier alpha value is -1.74. The number of benzene rings is 1. The largest absolute Gasteiger partial charge is 0.339 e. The molecular formula is C20H27ClN6OS. The van der Waals surface area contributed by atoms with Crippen LogP contribution in [-0.4, -0.2) is 73.8 Å². The third-order valence-corrected chi connectivity index (χ3v) is 6.49. The molecule has 0 spiro atoms. The Balaban J connectivity index is 1.64. The predicted octanol–water partition coefficient (Wildman–Crippen LogP) is 2.91. The highest BCUT2D eigenvalue weighted by atomic mass is 35.5. The monoisotopic (exact) mass is 434 g/mol. The molecule has 4 rings (SSSR count). The zero-order valence-electron chi connectivity index (χ0n) is 16.9. The summed E-state index contributed by atoms with van der Waals surface area (Å²) in [5.74, 6) is 1.02. The Bertz CT molecular complexity index is 939. The number of halogens is 1. The minimum Gasteiger partial charge on any atom is -0.339 e. The number of fused-ring (bicyclic) bond motifs is 1. The van der Waals surface area contributed by atoms with Crippen LogP contribution < -0.4 is 0 Å². The van der Waals surface area contributed by atoms with E-state index < -0.39 is 0 Å². The van der Waals surface area contributed by atoms with E-state index in [0.717, 1.165) is 57.1 Å². The molecule has 1 unspecified atom stereocenters. The Morgan fingerprint density at radius 3 is 2.55 bits per heavy atom. The van der Waals surface area contributed by atoms with Crippen LogP contribution in [0.4, 0.5) is 0 Å². The van der Waals surface area contributed by atoms with Gasteiger partial charge in [-0.05, 0) is 56.8 Å². The molecule has 7 nitrogen and oxygen atoms in total. The van der Waals surface area contributed by atoms with Gasteiger partial charge in [-0.2, -0.15) is 5.10 Å². The second kappa shape index (κ2) is 8.55. The normalized spacial score (nSPS) is 20.9. The van der Waals surface area contributed by atoms with Gasteiger partial charge in [0, 0.05) is 49.9 Å². The highest BCUT2D eigenvalue weighted by Gasteiger charge is 2.40. The lowest BCUT2D eigenvalue weighted by atomic mass is 10.1. The fourth-order valence-electron chi connectivity index (χ4n) is 4.29. The van der Waals surface area contributed by atoms with Crippen LogP contribution in [0.3, 0.4) is 0 Å². The van der Waals surface area contributed by atoms with E-state index in [4.69, 9.17) is 28.9 Å². The number of rotatable bonds is 5. The van der Waals surface area contributed by atoms with Gasteiger partial charge in [0.2, 0.25) is 0 Å². The Kier molecular flexibility index (Phi) is 6.06. The van der Waals surface area contributed by atoms with Crippen molar-refractivity contribution in [1.82, 2.24) is 29.0 Å². The van der Waals surface area contributed by atoms with Crippen LogP contribution in [0, 0.1) is 4.77 Å². The van der Waals surface area contributed by atoms with E-state index in [1.54, 1.807) is 0 Å². The minimum atomic E-state index is -0.217. The van der Waals surface area contributed by atoms with Crippen molar-refractivity contribution >= 4 is 29.7 Å². The molecule has 1 amide bonds. The molecule has 0 aliphatic carbocycles. The maximum atomic E-state index is 13.0. The molecule has 0 saturated carbocycles. The first-order valence-electron chi connectivity index (χ1n) is 10.2. The summed E-state index contributed by atoms with van der Waals surface area (Å²) < 4.78 is 4.55.